The molecule has 1 rings (SSSR count). The Kier molecular flexibility index (Phi) is 5.83. The maximum absolute atomic E-state index is 8.51. The first-order valence-electron chi connectivity index (χ1n) is 5.51. The lowest BCUT2D eigenvalue weighted by atomic mass is 10.4. The average Bonchev–Trinajstić information content (AvgIpc) is 2.75. The van der Waals surface area contributed by atoms with Gasteiger partial charge in [0.05, 0.1) is 18.2 Å². The van der Waals surface area contributed by atoms with Gasteiger partial charge in [-0.3, -0.25) is 0 Å². The summed E-state index contributed by atoms with van der Waals surface area (Å²) in [4.78, 5) is 6.53. The maximum atomic E-state index is 8.51. The number of nitrogens with one attached hydrogen (secondary N) is 1. The molecule has 0 unspecified atom stereocenters. The highest BCUT2D eigenvalue weighted by molar-refractivity contribution is 7.13. The highest BCUT2D eigenvalue weighted by Gasteiger charge is 2.06. The van der Waals surface area contributed by atoms with Gasteiger partial charge in [-0.05, 0) is 13.0 Å². The van der Waals surface area contributed by atoms with Crippen LogP contribution in [0.3, 0.4) is 0 Å². The number of nitrogens with zero attached hydrogens (tertiary/aromatic N) is 3. The molecule has 4 nitrogen and oxygen atoms in total. The molecule has 0 aliphatic rings. The van der Waals surface area contributed by atoms with Gasteiger partial charge in [-0.2, -0.15) is 5.26 Å². The molecule has 0 aliphatic carbocycles. The SMILES string of the molecule is CCCNCc1csc(N(C)CCC#N)n1. The van der Waals surface area contributed by atoms with Crippen molar-refractivity contribution in [2.24, 2.45) is 0 Å². The van der Waals surface area contributed by atoms with E-state index in [1.165, 1.54) is 0 Å². The van der Waals surface area contributed by atoms with Crippen LogP contribution in [0, 0.1) is 11.3 Å². The van der Waals surface area contributed by atoms with E-state index in [0.717, 1.165) is 36.9 Å². The van der Waals surface area contributed by atoms with Crippen molar-refractivity contribution in [2.75, 3.05) is 25.0 Å². The third-order valence-corrected chi connectivity index (χ3v) is 3.16. The minimum atomic E-state index is 0.541. The third-order valence-electron chi connectivity index (χ3n) is 2.16. The Hall–Kier alpha value is -1.12. The van der Waals surface area contributed by atoms with E-state index < -0.39 is 0 Å². The van der Waals surface area contributed by atoms with Gasteiger partial charge in [0.1, 0.15) is 0 Å². The summed E-state index contributed by atoms with van der Waals surface area (Å²) < 4.78 is 0. The van der Waals surface area contributed by atoms with Crippen LogP contribution in [-0.2, 0) is 6.54 Å². The summed E-state index contributed by atoms with van der Waals surface area (Å²) in [5, 5.41) is 14.9. The summed E-state index contributed by atoms with van der Waals surface area (Å²) in [5.74, 6) is 0. The van der Waals surface area contributed by atoms with Gasteiger partial charge in [0.15, 0.2) is 5.13 Å². The Labute approximate surface area is 101 Å². The first-order valence-corrected chi connectivity index (χ1v) is 6.39. The number of rotatable bonds is 7. The fraction of sp³-hybridized carbons (Fsp3) is 0.636. The normalized spacial score (nSPS) is 10.1. The zero-order chi connectivity index (χ0) is 11.8. The first kappa shape index (κ1) is 12.9. The number of nitriles is 1. The Balaban J connectivity index is 2.41. The quantitative estimate of drug-likeness (QED) is 0.738. The molecule has 0 fully saturated rings. The van der Waals surface area contributed by atoms with Crippen LogP contribution in [0.2, 0.25) is 0 Å². The molecule has 0 radical (unpaired) electrons. The van der Waals surface area contributed by atoms with Crippen molar-refractivity contribution in [2.45, 2.75) is 26.3 Å². The highest BCUT2D eigenvalue weighted by atomic mass is 32.1. The van der Waals surface area contributed by atoms with Gasteiger partial charge in [0.2, 0.25) is 0 Å². The molecule has 1 N–H and O–H groups in total. The number of aromatic nitrogens is 1. The van der Waals surface area contributed by atoms with Gasteiger partial charge in [0, 0.05) is 25.5 Å². The van der Waals surface area contributed by atoms with Crippen molar-refractivity contribution >= 4 is 16.5 Å². The predicted octanol–water partition coefficient (Wildman–Crippen LogP) is 1.99. The molecule has 0 atom stereocenters. The molecular formula is C11H18N4S. The molecule has 88 valence electrons. The molecule has 0 aliphatic heterocycles. The van der Waals surface area contributed by atoms with Crippen LogP contribution in [0.25, 0.3) is 0 Å². The summed E-state index contributed by atoms with van der Waals surface area (Å²) in [6.07, 6.45) is 1.68. The second kappa shape index (κ2) is 7.20. The van der Waals surface area contributed by atoms with Crippen LogP contribution >= 0.6 is 11.3 Å². The number of hydrogen-bond donors (Lipinski definition) is 1. The summed E-state index contributed by atoms with van der Waals surface area (Å²) in [6.45, 7) is 4.74. The second-order valence-corrected chi connectivity index (χ2v) is 4.46. The lowest BCUT2D eigenvalue weighted by Gasteiger charge is -2.12. The average molecular weight is 238 g/mol. The van der Waals surface area contributed by atoms with E-state index in [9.17, 15) is 0 Å². The van der Waals surface area contributed by atoms with E-state index >= 15 is 0 Å². The van der Waals surface area contributed by atoms with Crippen molar-refractivity contribution in [3.63, 3.8) is 0 Å². The number of anilines is 1. The van der Waals surface area contributed by atoms with Gasteiger partial charge in [-0.25, -0.2) is 4.98 Å². The van der Waals surface area contributed by atoms with E-state index in [-0.39, 0.29) is 0 Å². The molecule has 1 aromatic rings. The molecule has 0 saturated heterocycles. The Morgan fingerprint density at radius 3 is 3.12 bits per heavy atom. The van der Waals surface area contributed by atoms with E-state index in [1.54, 1.807) is 11.3 Å². The van der Waals surface area contributed by atoms with E-state index in [0.29, 0.717) is 6.42 Å². The Morgan fingerprint density at radius 1 is 1.62 bits per heavy atom. The first-order chi connectivity index (χ1) is 7.77. The lowest BCUT2D eigenvalue weighted by Crippen LogP contribution is -2.18. The molecule has 0 spiro atoms. The van der Waals surface area contributed by atoms with Crippen molar-refractivity contribution in [3.05, 3.63) is 11.1 Å². The number of thiazole rings is 1. The van der Waals surface area contributed by atoms with Gasteiger partial charge in [0.25, 0.3) is 0 Å². The van der Waals surface area contributed by atoms with Crippen molar-refractivity contribution in [3.8, 4) is 6.07 Å². The zero-order valence-electron chi connectivity index (χ0n) is 9.86. The Bertz CT molecular complexity index is 342. The maximum Gasteiger partial charge on any atom is 0.185 e. The van der Waals surface area contributed by atoms with Crippen LogP contribution < -0.4 is 10.2 Å². The van der Waals surface area contributed by atoms with Crippen molar-refractivity contribution in [1.29, 1.82) is 5.26 Å². The molecule has 0 amide bonds. The van der Waals surface area contributed by atoms with Crippen LogP contribution in [0.5, 0.6) is 0 Å². The Morgan fingerprint density at radius 2 is 2.44 bits per heavy atom. The molecular weight excluding hydrogens is 220 g/mol. The van der Waals surface area contributed by atoms with E-state index in [2.05, 4.69) is 28.7 Å². The van der Waals surface area contributed by atoms with Crippen LogP contribution in [-0.4, -0.2) is 25.1 Å². The molecule has 16 heavy (non-hydrogen) atoms. The second-order valence-electron chi connectivity index (χ2n) is 3.63. The minimum absolute atomic E-state index is 0.541. The standard InChI is InChI=1S/C11H18N4S/c1-3-6-13-8-10-9-16-11(14-10)15(2)7-4-5-12/h9,13H,3-4,6-8H2,1-2H3. The topological polar surface area (TPSA) is 52.0 Å². The summed E-state index contributed by atoms with van der Waals surface area (Å²) in [7, 11) is 1.97. The number of hydrogen-bond acceptors (Lipinski definition) is 5. The minimum Gasteiger partial charge on any atom is -0.350 e. The molecule has 0 saturated carbocycles. The molecule has 5 heteroatoms. The highest BCUT2D eigenvalue weighted by Crippen LogP contribution is 2.19. The van der Waals surface area contributed by atoms with Crippen LogP contribution in [0.4, 0.5) is 5.13 Å². The van der Waals surface area contributed by atoms with Gasteiger partial charge in [-0.15, -0.1) is 11.3 Å². The third kappa shape index (κ3) is 4.17. The van der Waals surface area contributed by atoms with Crippen molar-refractivity contribution < 1.29 is 0 Å². The van der Waals surface area contributed by atoms with Crippen molar-refractivity contribution in [1.82, 2.24) is 10.3 Å². The largest absolute Gasteiger partial charge is 0.350 e. The molecule has 1 heterocycles. The fourth-order valence-electron chi connectivity index (χ4n) is 1.26. The fourth-order valence-corrected chi connectivity index (χ4v) is 2.08. The smallest absolute Gasteiger partial charge is 0.185 e. The molecule has 1 aromatic heterocycles. The van der Waals surface area contributed by atoms with Crippen LogP contribution in [0.15, 0.2) is 5.38 Å². The van der Waals surface area contributed by atoms with Gasteiger partial charge >= 0.3 is 0 Å². The lowest BCUT2D eigenvalue weighted by molar-refractivity contribution is 0.666. The van der Waals surface area contributed by atoms with E-state index in [1.807, 2.05) is 11.9 Å². The predicted molar refractivity (Wildman–Crippen MR) is 67.6 cm³/mol. The summed E-state index contributed by atoms with van der Waals surface area (Å²) in [5.41, 5.74) is 1.08. The molecule has 0 aromatic carbocycles. The van der Waals surface area contributed by atoms with E-state index in [4.69, 9.17) is 5.26 Å². The zero-order valence-corrected chi connectivity index (χ0v) is 10.7. The monoisotopic (exact) mass is 238 g/mol. The van der Waals surface area contributed by atoms with Gasteiger partial charge in [-0.1, -0.05) is 6.92 Å². The van der Waals surface area contributed by atoms with Crippen LogP contribution in [0.1, 0.15) is 25.5 Å². The van der Waals surface area contributed by atoms with Gasteiger partial charge < -0.3 is 10.2 Å². The summed E-state index contributed by atoms with van der Waals surface area (Å²) >= 11 is 1.63. The molecule has 0 bridgehead atoms. The summed E-state index contributed by atoms with van der Waals surface area (Å²) in [6, 6.07) is 2.14.